The summed E-state index contributed by atoms with van der Waals surface area (Å²) in [6.07, 6.45) is 0.776. The van der Waals surface area contributed by atoms with Crippen molar-refractivity contribution in [3.05, 3.63) is 17.7 Å². The first-order valence-electron chi connectivity index (χ1n) is 5.84. The molecule has 0 saturated carbocycles. The average Bonchev–Trinajstić information content (AvgIpc) is 2.61. The molecule has 0 amide bonds. The molecule has 5 heteroatoms. The summed E-state index contributed by atoms with van der Waals surface area (Å²) in [5, 5.41) is 9.18. The zero-order valence-corrected chi connectivity index (χ0v) is 10.4. The van der Waals surface area contributed by atoms with Crippen molar-refractivity contribution in [2.24, 2.45) is 0 Å². The SMILES string of the molecule is COc1ccc2c(c1C(C)C(=O)O)OCCCO2. The van der Waals surface area contributed by atoms with Crippen molar-refractivity contribution in [3.63, 3.8) is 0 Å². The van der Waals surface area contributed by atoms with Crippen LogP contribution in [0.3, 0.4) is 0 Å². The number of aliphatic carboxylic acids is 1. The van der Waals surface area contributed by atoms with Gasteiger partial charge in [0.2, 0.25) is 0 Å². The lowest BCUT2D eigenvalue weighted by atomic mass is 9.98. The predicted molar refractivity (Wildman–Crippen MR) is 64.7 cm³/mol. The second kappa shape index (κ2) is 5.16. The molecule has 0 bridgehead atoms. The quantitative estimate of drug-likeness (QED) is 0.891. The van der Waals surface area contributed by atoms with Crippen LogP contribution in [-0.4, -0.2) is 31.4 Å². The van der Waals surface area contributed by atoms with Crippen molar-refractivity contribution in [1.29, 1.82) is 0 Å². The van der Waals surface area contributed by atoms with Crippen LogP contribution >= 0.6 is 0 Å². The smallest absolute Gasteiger partial charge is 0.310 e. The summed E-state index contributed by atoms with van der Waals surface area (Å²) in [6, 6.07) is 3.46. The van der Waals surface area contributed by atoms with E-state index in [9.17, 15) is 9.90 Å². The van der Waals surface area contributed by atoms with E-state index in [0.717, 1.165) is 6.42 Å². The summed E-state index contributed by atoms with van der Waals surface area (Å²) in [5.41, 5.74) is 0.532. The predicted octanol–water partition coefficient (Wildman–Crippen LogP) is 2.04. The van der Waals surface area contributed by atoms with Crippen LogP contribution in [0, 0.1) is 0 Å². The van der Waals surface area contributed by atoms with Gasteiger partial charge < -0.3 is 19.3 Å². The van der Waals surface area contributed by atoms with Crippen LogP contribution in [0.1, 0.15) is 24.8 Å². The Kier molecular flexibility index (Phi) is 3.60. The Labute approximate surface area is 105 Å². The summed E-state index contributed by atoms with van der Waals surface area (Å²) in [4.78, 5) is 11.2. The zero-order chi connectivity index (χ0) is 13.1. The Morgan fingerprint density at radius 3 is 2.78 bits per heavy atom. The zero-order valence-electron chi connectivity index (χ0n) is 10.4. The van der Waals surface area contributed by atoms with Gasteiger partial charge in [0, 0.05) is 6.42 Å². The maximum Gasteiger partial charge on any atom is 0.310 e. The summed E-state index contributed by atoms with van der Waals surface area (Å²) in [7, 11) is 1.51. The minimum Gasteiger partial charge on any atom is -0.496 e. The van der Waals surface area contributed by atoms with E-state index in [2.05, 4.69) is 0 Å². The Morgan fingerprint density at radius 2 is 2.11 bits per heavy atom. The first-order valence-corrected chi connectivity index (χ1v) is 5.84. The molecule has 1 aromatic carbocycles. The van der Waals surface area contributed by atoms with Crippen LogP contribution in [0.2, 0.25) is 0 Å². The second-order valence-electron chi connectivity index (χ2n) is 4.12. The van der Waals surface area contributed by atoms with Gasteiger partial charge in [-0.05, 0) is 19.1 Å². The van der Waals surface area contributed by atoms with E-state index in [1.54, 1.807) is 19.1 Å². The summed E-state index contributed by atoms with van der Waals surface area (Å²) < 4.78 is 16.4. The molecule has 1 aromatic rings. The molecule has 0 radical (unpaired) electrons. The van der Waals surface area contributed by atoms with Gasteiger partial charge in [-0.3, -0.25) is 4.79 Å². The van der Waals surface area contributed by atoms with E-state index in [1.807, 2.05) is 0 Å². The number of carboxylic acid groups (broad SMARTS) is 1. The molecule has 0 aromatic heterocycles. The molecule has 98 valence electrons. The number of benzene rings is 1. The Hall–Kier alpha value is -1.91. The number of methoxy groups -OCH3 is 1. The lowest BCUT2D eigenvalue weighted by Gasteiger charge is -2.18. The van der Waals surface area contributed by atoms with Gasteiger partial charge >= 0.3 is 5.97 Å². The van der Waals surface area contributed by atoms with Crippen LogP contribution in [0.4, 0.5) is 0 Å². The van der Waals surface area contributed by atoms with Crippen LogP contribution in [0.15, 0.2) is 12.1 Å². The summed E-state index contributed by atoms with van der Waals surface area (Å²) in [5.74, 6) is -0.0570. The van der Waals surface area contributed by atoms with Gasteiger partial charge in [0.15, 0.2) is 11.5 Å². The van der Waals surface area contributed by atoms with Gasteiger partial charge in [0.1, 0.15) is 5.75 Å². The van der Waals surface area contributed by atoms with E-state index >= 15 is 0 Å². The molecule has 1 aliphatic rings. The van der Waals surface area contributed by atoms with Crippen LogP contribution in [-0.2, 0) is 4.79 Å². The van der Waals surface area contributed by atoms with Gasteiger partial charge in [-0.2, -0.15) is 0 Å². The molecule has 0 fully saturated rings. The fourth-order valence-corrected chi connectivity index (χ4v) is 1.95. The van der Waals surface area contributed by atoms with Crippen LogP contribution in [0.5, 0.6) is 17.2 Å². The molecule has 1 aliphatic heterocycles. The molecular formula is C13H16O5. The highest BCUT2D eigenvalue weighted by molar-refractivity contribution is 5.79. The largest absolute Gasteiger partial charge is 0.496 e. The monoisotopic (exact) mass is 252 g/mol. The van der Waals surface area contributed by atoms with E-state index in [-0.39, 0.29) is 0 Å². The first kappa shape index (κ1) is 12.5. The van der Waals surface area contributed by atoms with Crippen molar-refractivity contribution in [2.75, 3.05) is 20.3 Å². The number of carbonyl (C=O) groups is 1. The minimum atomic E-state index is -0.922. The van der Waals surface area contributed by atoms with E-state index in [0.29, 0.717) is 36.0 Å². The molecule has 0 spiro atoms. The molecular weight excluding hydrogens is 236 g/mol. The van der Waals surface area contributed by atoms with Gasteiger partial charge in [0.05, 0.1) is 31.8 Å². The third-order valence-corrected chi connectivity index (χ3v) is 2.94. The number of hydrogen-bond donors (Lipinski definition) is 1. The highest BCUT2D eigenvalue weighted by Crippen LogP contribution is 2.43. The Balaban J connectivity index is 2.55. The van der Waals surface area contributed by atoms with E-state index < -0.39 is 11.9 Å². The second-order valence-corrected chi connectivity index (χ2v) is 4.12. The van der Waals surface area contributed by atoms with Crippen molar-refractivity contribution < 1.29 is 24.1 Å². The van der Waals surface area contributed by atoms with E-state index in [1.165, 1.54) is 7.11 Å². The fourth-order valence-electron chi connectivity index (χ4n) is 1.95. The maximum absolute atomic E-state index is 11.2. The maximum atomic E-state index is 11.2. The topological polar surface area (TPSA) is 65.0 Å². The summed E-state index contributed by atoms with van der Waals surface area (Å²) in [6.45, 7) is 2.69. The minimum absolute atomic E-state index is 0.488. The fraction of sp³-hybridized carbons (Fsp3) is 0.462. The normalized spacial score (nSPS) is 15.7. The molecule has 0 saturated heterocycles. The third kappa shape index (κ3) is 2.20. The number of carboxylic acids is 1. The van der Waals surface area contributed by atoms with Gasteiger partial charge in [-0.25, -0.2) is 0 Å². The number of hydrogen-bond acceptors (Lipinski definition) is 4. The molecule has 1 heterocycles. The van der Waals surface area contributed by atoms with E-state index in [4.69, 9.17) is 14.2 Å². The Bertz CT molecular complexity index is 455. The van der Waals surface area contributed by atoms with Crippen LogP contribution < -0.4 is 14.2 Å². The summed E-state index contributed by atoms with van der Waals surface area (Å²) >= 11 is 0. The number of rotatable bonds is 3. The molecule has 5 nitrogen and oxygen atoms in total. The van der Waals surface area contributed by atoms with Crippen molar-refractivity contribution in [2.45, 2.75) is 19.3 Å². The van der Waals surface area contributed by atoms with Gasteiger partial charge in [-0.15, -0.1) is 0 Å². The number of ether oxygens (including phenoxy) is 3. The molecule has 0 aliphatic carbocycles. The van der Waals surface area contributed by atoms with Gasteiger partial charge in [0.25, 0.3) is 0 Å². The molecule has 18 heavy (non-hydrogen) atoms. The number of fused-ring (bicyclic) bond motifs is 1. The molecule has 1 atom stereocenters. The molecule has 2 rings (SSSR count). The highest BCUT2D eigenvalue weighted by atomic mass is 16.5. The third-order valence-electron chi connectivity index (χ3n) is 2.94. The van der Waals surface area contributed by atoms with Gasteiger partial charge in [-0.1, -0.05) is 0 Å². The lowest BCUT2D eigenvalue weighted by molar-refractivity contribution is -0.138. The first-order chi connectivity index (χ1) is 8.65. The standard InChI is InChI=1S/C13H16O5/c1-8(13(14)15)11-9(16-2)4-5-10-12(11)18-7-3-6-17-10/h4-5,8H,3,6-7H2,1-2H3,(H,14,15). The van der Waals surface area contributed by atoms with Crippen LogP contribution in [0.25, 0.3) is 0 Å². The lowest BCUT2D eigenvalue weighted by Crippen LogP contribution is -2.11. The Morgan fingerprint density at radius 1 is 1.39 bits per heavy atom. The van der Waals surface area contributed by atoms with Crippen molar-refractivity contribution in [1.82, 2.24) is 0 Å². The van der Waals surface area contributed by atoms with Crippen molar-refractivity contribution >= 4 is 5.97 Å². The average molecular weight is 252 g/mol. The highest BCUT2D eigenvalue weighted by Gasteiger charge is 2.27. The molecule has 1 unspecified atom stereocenters. The molecule has 1 N–H and O–H groups in total. The van der Waals surface area contributed by atoms with Crippen molar-refractivity contribution in [3.8, 4) is 17.2 Å².